The van der Waals surface area contributed by atoms with Crippen LogP contribution in [0.5, 0.6) is 0 Å². The van der Waals surface area contributed by atoms with E-state index in [1.54, 1.807) is 0 Å². The quantitative estimate of drug-likeness (QED) is 0.580. The van der Waals surface area contributed by atoms with Gasteiger partial charge in [0.05, 0.1) is 5.69 Å². The Balaban J connectivity index is 2.75. The molecular formula is C6H7BrN2O. The number of halogens is 1. The van der Waals surface area contributed by atoms with E-state index in [1.807, 2.05) is 18.2 Å². The largest absolute Gasteiger partial charge is 0.298 e. The Morgan fingerprint density at radius 3 is 3.00 bits per heavy atom. The summed E-state index contributed by atoms with van der Waals surface area (Å²) in [5, 5.41) is 0. The van der Waals surface area contributed by atoms with Crippen molar-refractivity contribution >= 4 is 15.9 Å². The summed E-state index contributed by atoms with van der Waals surface area (Å²) >= 11 is 3.22. The van der Waals surface area contributed by atoms with Crippen LogP contribution in [0.2, 0.25) is 0 Å². The van der Waals surface area contributed by atoms with Gasteiger partial charge in [0.1, 0.15) is 11.2 Å². The Morgan fingerprint density at radius 2 is 2.40 bits per heavy atom. The third-order valence-corrected chi connectivity index (χ3v) is 1.45. The van der Waals surface area contributed by atoms with Crippen LogP contribution < -0.4 is 5.90 Å². The van der Waals surface area contributed by atoms with Crippen LogP contribution in [-0.4, -0.2) is 4.98 Å². The van der Waals surface area contributed by atoms with E-state index in [0.717, 1.165) is 10.3 Å². The average Bonchev–Trinajstić information content (AvgIpc) is 1.88. The van der Waals surface area contributed by atoms with Gasteiger partial charge in [-0.3, -0.25) is 4.84 Å². The normalized spacial score (nSPS) is 9.80. The van der Waals surface area contributed by atoms with Crippen LogP contribution in [0.1, 0.15) is 5.69 Å². The van der Waals surface area contributed by atoms with Gasteiger partial charge >= 0.3 is 0 Å². The Bertz CT molecular complexity index is 217. The van der Waals surface area contributed by atoms with Gasteiger partial charge in [0.2, 0.25) is 0 Å². The van der Waals surface area contributed by atoms with Crippen LogP contribution in [0, 0.1) is 0 Å². The first-order valence-corrected chi connectivity index (χ1v) is 3.55. The summed E-state index contributed by atoms with van der Waals surface area (Å²) < 4.78 is 0.794. The van der Waals surface area contributed by atoms with Gasteiger partial charge in [-0.15, -0.1) is 0 Å². The van der Waals surface area contributed by atoms with Gasteiger partial charge in [-0.2, -0.15) is 0 Å². The predicted molar refractivity (Wildman–Crippen MR) is 40.9 cm³/mol. The third kappa shape index (κ3) is 2.06. The average molecular weight is 203 g/mol. The summed E-state index contributed by atoms with van der Waals surface area (Å²) in [6.07, 6.45) is 0. The van der Waals surface area contributed by atoms with Crippen LogP contribution in [-0.2, 0) is 11.4 Å². The first-order chi connectivity index (χ1) is 4.83. The lowest BCUT2D eigenvalue weighted by molar-refractivity contribution is 0.121. The summed E-state index contributed by atoms with van der Waals surface area (Å²) in [6, 6.07) is 5.57. The second-order valence-corrected chi connectivity index (χ2v) is 2.58. The molecule has 0 amide bonds. The van der Waals surface area contributed by atoms with Crippen molar-refractivity contribution < 1.29 is 4.84 Å². The smallest absolute Gasteiger partial charge is 0.110 e. The molecule has 1 aromatic heterocycles. The molecule has 54 valence electrons. The first kappa shape index (κ1) is 7.65. The fraction of sp³-hybridized carbons (Fsp3) is 0.167. The Labute approximate surface area is 67.3 Å². The Morgan fingerprint density at radius 1 is 1.60 bits per heavy atom. The zero-order valence-corrected chi connectivity index (χ0v) is 6.84. The van der Waals surface area contributed by atoms with E-state index >= 15 is 0 Å². The number of pyridine rings is 1. The van der Waals surface area contributed by atoms with E-state index in [0.29, 0.717) is 6.61 Å². The second-order valence-electron chi connectivity index (χ2n) is 1.76. The molecule has 0 radical (unpaired) electrons. The van der Waals surface area contributed by atoms with Crippen LogP contribution in [0.25, 0.3) is 0 Å². The molecule has 1 aromatic rings. The number of nitrogens with zero attached hydrogens (tertiary/aromatic N) is 1. The molecule has 0 aliphatic heterocycles. The SMILES string of the molecule is NOCc1cccc(Br)n1. The molecule has 0 spiro atoms. The number of nitrogens with two attached hydrogens (primary N) is 1. The van der Waals surface area contributed by atoms with Gasteiger partial charge in [-0.05, 0) is 28.1 Å². The van der Waals surface area contributed by atoms with Crippen molar-refractivity contribution in [1.29, 1.82) is 0 Å². The molecule has 0 aromatic carbocycles. The Kier molecular flexibility index (Phi) is 2.80. The fourth-order valence-corrected chi connectivity index (χ4v) is 0.996. The summed E-state index contributed by atoms with van der Waals surface area (Å²) in [4.78, 5) is 8.47. The van der Waals surface area contributed by atoms with E-state index in [4.69, 9.17) is 5.90 Å². The van der Waals surface area contributed by atoms with E-state index in [9.17, 15) is 0 Å². The first-order valence-electron chi connectivity index (χ1n) is 2.76. The lowest BCUT2D eigenvalue weighted by Crippen LogP contribution is -2.00. The summed E-state index contributed by atoms with van der Waals surface area (Å²) in [7, 11) is 0. The fourth-order valence-electron chi connectivity index (χ4n) is 0.616. The molecule has 0 saturated carbocycles. The summed E-state index contributed by atoms with van der Waals surface area (Å²) in [6.45, 7) is 0.347. The molecule has 2 N–H and O–H groups in total. The number of hydrogen-bond acceptors (Lipinski definition) is 3. The highest BCUT2D eigenvalue weighted by Gasteiger charge is 1.92. The van der Waals surface area contributed by atoms with Crippen LogP contribution in [0.4, 0.5) is 0 Å². The lowest BCUT2D eigenvalue weighted by Gasteiger charge is -1.96. The monoisotopic (exact) mass is 202 g/mol. The molecule has 0 bridgehead atoms. The van der Waals surface area contributed by atoms with Crippen LogP contribution in [0.3, 0.4) is 0 Å². The molecule has 0 aliphatic rings. The van der Waals surface area contributed by atoms with Crippen LogP contribution in [0.15, 0.2) is 22.8 Å². The summed E-state index contributed by atoms with van der Waals surface area (Å²) in [5.74, 6) is 4.86. The predicted octanol–water partition coefficient (Wildman–Crippen LogP) is 1.23. The molecule has 10 heavy (non-hydrogen) atoms. The minimum absolute atomic E-state index is 0.347. The molecule has 0 atom stereocenters. The van der Waals surface area contributed by atoms with E-state index < -0.39 is 0 Å². The third-order valence-electron chi connectivity index (χ3n) is 1.00. The highest BCUT2D eigenvalue weighted by molar-refractivity contribution is 9.10. The van der Waals surface area contributed by atoms with Gasteiger partial charge in [0, 0.05) is 0 Å². The van der Waals surface area contributed by atoms with Crippen molar-refractivity contribution in [2.75, 3.05) is 0 Å². The number of aromatic nitrogens is 1. The highest BCUT2D eigenvalue weighted by atomic mass is 79.9. The molecule has 0 fully saturated rings. The molecular weight excluding hydrogens is 196 g/mol. The van der Waals surface area contributed by atoms with Gasteiger partial charge in [0.15, 0.2) is 0 Å². The molecule has 0 saturated heterocycles. The van der Waals surface area contributed by atoms with E-state index in [2.05, 4.69) is 25.8 Å². The maximum absolute atomic E-state index is 4.86. The number of hydrogen-bond donors (Lipinski definition) is 1. The summed E-state index contributed by atoms with van der Waals surface area (Å²) in [5.41, 5.74) is 0.817. The van der Waals surface area contributed by atoms with Gasteiger partial charge in [-0.25, -0.2) is 10.9 Å². The second kappa shape index (κ2) is 3.65. The van der Waals surface area contributed by atoms with Crippen molar-refractivity contribution in [1.82, 2.24) is 4.98 Å². The van der Waals surface area contributed by atoms with Gasteiger partial charge < -0.3 is 0 Å². The zero-order chi connectivity index (χ0) is 7.40. The van der Waals surface area contributed by atoms with Crippen LogP contribution >= 0.6 is 15.9 Å². The molecule has 0 unspecified atom stereocenters. The van der Waals surface area contributed by atoms with Gasteiger partial charge in [-0.1, -0.05) is 6.07 Å². The molecule has 1 heterocycles. The van der Waals surface area contributed by atoms with E-state index in [1.165, 1.54) is 0 Å². The van der Waals surface area contributed by atoms with Crippen molar-refractivity contribution in [2.24, 2.45) is 5.90 Å². The maximum Gasteiger partial charge on any atom is 0.110 e. The molecule has 3 nitrogen and oxygen atoms in total. The van der Waals surface area contributed by atoms with Crippen molar-refractivity contribution in [3.8, 4) is 0 Å². The van der Waals surface area contributed by atoms with Crippen molar-refractivity contribution in [3.63, 3.8) is 0 Å². The standard InChI is InChI=1S/C6H7BrN2O/c7-6-3-1-2-5(9-6)4-10-8/h1-3H,4,8H2. The lowest BCUT2D eigenvalue weighted by atomic mass is 10.4. The topological polar surface area (TPSA) is 48.1 Å². The molecule has 0 aliphatic carbocycles. The van der Waals surface area contributed by atoms with Crippen molar-refractivity contribution in [2.45, 2.75) is 6.61 Å². The minimum Gasteiger partial charge on any atom is -0.298 e. The minimum atomic E-state index is 0.347. The molecule has 1 rings (SSSR count). The maximum atomic E-state index is 4.86. The Hall–Kier alpha value is -0.450. The van der Waals surface area contributed by atoms with Gasteiger partial charge in [0.25, 0.3) is 0 Å². The highest BCUT2D eigenvalue weighted by Crippen LogP contribution is 2.05. The molecule has 4 heteroatoms. The zero-order valence-electron chi connectivity index (χ0n) is 5.25. The van der Waals surface area contributed by atoms with Crippen molar-refractivity contribution in [3.05, 3.63) is 28.5 Å². The van der Waals surface area contributed by atoms with E-state index in [-0.39, 0.29) is 0 Å². The number of rotatable bonds is 2.